The molecule has 0 aromatic carbocycles. The quantitative estimate of drug-likeness (QED) is 0.512. The molecule has 0 amide bonds. The highest BCUT2D eigenvalue weighted by atomic mass is 79.9. The summed E-state index contributed by atoms with van der Waals surface area (Å²) >= 11 is 3.45. The van der Waals surface area contributed by atoms with Gasteiger partial charge in [-0.15, -0.1) is 0 Å². The minimum atomic E-state index is 0.0626. The molecular weight excluding hydrogens is 200 g/mol. The van der Waals surface area contributed by atoms with Crippen molar-refractivity contribution >= 4 is 39.5 Å². The Labute approximate surface area is 78.1 Å². The predicted molar refractivity (Wildman–Crippen MR) is 58.3 cm³/mol. The lowest BCUT2D eigenvalue weighted by atomic mass is 9.49. The minimum Gasteiger partial charge on any atom is -0.276 e. The van der Waals surface area contributed by atoms with Crippen LogP contribution in [0, 0.1) is 6.92 Å². The van der Waals surface area contributed by atoms with Crippen LogP contribution in [0.3, 0.4) is 0 Å². The van der Waals surface area contributed by atoms with Gasteiger partial charge in [-0.3, -0.25) is 4.68 Å². The van der Waals surface area contributed by atoms with E-state index in [2.05, 4.69) is 44.6 Å². The molecule has 0 saturated carbocycles. The molecule has 2 nitrogen and oxygen atoms in total. The van der Waals surface area contributed by atoms with E-state index in [4.69, 9.17) is 0 Å². The van der Waals surface area contributed by atoms with E-state index in [9.17, 15) is 0 Å². The second-order valence-corrected chi connectivity index (χ2v) is 4.50. The summed E-state index contributed by atoms with van der Waals surface area (Å²) in [6, 6.07) is 2.02. The summed E-state index contributed by atoms with van der Waals surface area (Å²) in [5.41, 5.74) is 1.05. The van der Waals surface area contributed by atoms with E-state index in [0.29, 0.717) is 0 Å². The van der Waals surface area contributed by atoms with Crippen molar-refractivity contribution in [1.29, 1.82) is 0 Å². The first-order valence-corrected chi connectivity index (χ1v) is 4.43. The highest BCUT2D eigenvalue weighted by molar-refractivity contribution is 9.10. The Hall–Kier alpha value is -0.115. The first-order chi connectivity index (χ1) is 4.91. The molecule has 0 fully saturated rings. The fraction of sp³-hybridized carbons (Fsp3) is 0.400. The molecule has 0 bridgehead atoms. The SMILES string of the molecule is BC(B)(B)n1nc(C)cc1Br. The fourth-order valence-corrected chi connectivity index (χ4v) is 1.88. The van der Waals surface area contributed by atoms with E-state index in [0.717, 1.165) is 10.3 Å². The number of nitrogens with zero attached hydrogens (tertiary/aromatic N) is 2. The molecular formula is C5H10B3BrN2. The van der Waals surface area contributed by atoms with Gasteiger partial charge in [0.25, 0.3) is 0 Å². The first kappa shape index (κ1) is 8.98. The maximum absolute atomic E-state index is 4.35. The van der Waals surface area contributed by atoms with E-state index in [1.807, 2.05) is 17.7 Å². The third kappa shape index (κ3) is 1.92. The Bertz CT molecular complexity index is 265. The van der Waals surface area contributed by atoms with Crippen LogP contribution >= 0.6 is 15.9 Å². The topological polar surface area (TPSA) is 17.8 Å². The van der Waals surface area contributed by atoms with Crippen molar-refractivity contribution in [1.82, 2.24) is 9.78 Å². The van der Waals surface area contributed by atoms with Crippen LogP contribution in [0.25, 0.3) is 0 Å². The molecule has 0 aliphatic heterocycles. The number of aromatic nitrogens is 2. The molecule has 1 aromatic heterocycles. The van der Waals surface area contributed by atoms with Crippen molar-refractivity contribution in [3.8, 4) is 0 Å². The van der Waals surface area contributed by atoms with Crippen LogP contribution in [0.5, 0.6) is 0 Å². The Morgan fingerprint density at radius 2 is 2.09 bits per heavy atom. The standard InChI is InChI=1S/C5H10B3BrN2/c1-3-2-4(9)11(10-3)5(6,7)8/h2H,6-8H2,1H3. The van der Waals surface area contributed by atoms with Crippen LogP contribution in [0.4, 0.5) is 0 Å². The molecule has 1 rings (SSSR count). The van der Waals surface area contributed by atoms with E-state index in [1.54, 1.807) is 0 Å². The third-order valence-electron chi connectivity index (χ3n) is 1.42. The summed E-state index contributed by atoms with van der Waals surface area (Å²) in [4.78, 5) is 0. The van der Waals surface area contributed by atoms with Crippen molar-refractivity contribution < 1.29 is 0 Å². The monoisotopic (exact) mass is 210 g/mol. The second-order valence-electron chi connectivity index (χ2n) is 3.69. The number of aryl methyl sites for hydroxylation is 1. The van der Waals surface area contributed by atoms with Crippen LogP contribution in [-0.2, 0) is 5.24 Å². The van der Waals surface area contributed by atoms with E-state index in [1.165, 1.54) is 0 Å². The highest BCUT2D eigenvalue weighted by Gasteiger charge is 2.16. The van der Waals surface area contributed by atoms with Gasteiger partial charge < -0.3 is 0 Å². The zero-order valence-electron chi connectivity index (χ0n) is 7.35. The van der Waals surface area contributed by atoms with Gasteiger partial charge in [-0.1, -0.05) is 0 Å². The molecule has 0 aliphatic rings. The average molecular weight is 210 g/mol. The second kappa shape index (κ2) is 2.74. The van der Waals surface area contributed by atoms with Crippen molar-refractivity contribution in [2.75, 3.05) is 0 Å². The van der Waals surface area contributed by atoms with Crippen molar-refractivity contribution in [3.63, 3.8) is 0 Å². The smallest absolute Gasteiger partial charge is 0.116 e. The van der Waals surface area contributed by atoms with Crippen molar-refractivity contribution in [3.05, 3.63) is 16.4 Å². The maximum Gasteiger partial charge on any atom is 0.116 e. The van der Waals surface area contributed by atoms with Gasteiger partial charge in [-0.05, 0) is 34.2 Å². The number of halogens is 1. The van der Waals surface area contributed by atoms with Gasteiger partial charge in [0.05, 0.1) is 5.69 Å². The van der Waals surface area contributed by atoms with Crippen LogP contribution in [0.15, 0.2) is 10.7 Å². The Kier molecular flexibility index (Phi) is 2.23. The average Bonchev–Trinajstić information content (AvgIpc) is 2.08. The van der Waals surface area contributed by atoms with Gasteiger partial charge in [0.1, 0.15) is 28.1 Å². The highest BCUT2D eigenvalue weighted by Crippen LogP contribution is 2.15. The molecule has 0 aliphatic carbocycles. The van der Waals surface area contributed by atoms with Crippen LogP contribution in [0.2, 0.25) is 0 Å². The zero-order chi connectivity index (χ0) is 8.65. The van der Waals surface area contributed by atoms with Crippen LogP contribution < -0.4 is 0 Å². The fourth-order valence-electron chi connectivity index (χ4n) is 0.938. The molecule has 0 saturated heterocycles. The number of hydrogen-bond donors (Lipinski definition) is 0. The van der Waals surface area contributed by atoms with Gasteiger partial charge in [0.2, 0.25) is 0 Å². The Morgan fingerprint density at radius 1 is 1.55 bits per heavy atom. The largest absolute Gasteiger partial charge is 0.276 e. The Balaban J connectivity index is 3.13. The molecule has 0 spiro atoms. The Morgan fingerprint density at radius 3 is 2.27 bits per heavy atom. The summed E-state index contributed by atoms with van der Waals surface area (Å²) < 4.78 is 3.02. The predicted octanol–water partition coefficient (Wildman–Crippen LogP) is -1.58. The van der Waals surface area contributed by atoms with Gasteiger partial charge in [-0.25, -0.2) is 0 Å². The van der Waals surface area contributed by atoms with Gasteiger partial charge in [0.15, 0.2) is 0 Å². The van der Waals surface area contributed by atoms with E-state index in [-0.39, 0.29) is 5.24 Å². The number of rotatable bonds is 1. The summed E-state index contributed by atoms with van der Waals surface area (Å²) in [5.74, 6) is 0. The molecule has 0 unspecified atom stereocenters. The molecule has 0 N–H and O–H groups in total. The first-order valence-electron chi connectivity index (χ1n) is 3.64. The lowest BCUT2D eigenvalue weighted by Crippen LogP contribution is -2.36. The molecule has 11 heavy (non-hydrogen) atoms. The van der Waals surface area contributed by atoms with Gasteiger partial charge in [0, 0.05) is 0 Å². The molecule has 1 heterocycles. The van der Waals surface area contributed by atoms with Crippen LogP contribution in [0.1, 0.15) is 5.69 Å². The molecule has 1 aromatic rings. The lowest BCUT2D eigenvalue weighted by Gasteiger charge is -2.20. The summed E-state index contributed by atoms with van der Waals surface area (Å²) in [6.07, 6.45) is 0. The van der Waals surface area contributed by atoms with Gasteiger partial charge in [-0.2, -0.15) is 5.10 Å². The number of hydrogen-bond acceptors (Lipinski definition) is 1. The van der Waals surface area contributed by atoms with Gasteiger partial charge >= 0.3 is 0 Å². The van der Waals surface area contributed by atoms with Crippen molar-refractivity contribution in [2.45, 2.75) is 12.2 Å². The zero-order valence-corrected chi connectivity index (χ0v) is 8.94. The lowest BCUT2D eigenvalue weighted by molar-refractivity contribution is 0.649. The maximum atomic E-state index is 4.35. The van der Waals surface area contributed by atoms with E-state index < -0.39 is 0 Å². The summed E-state index contributed by atoms with van der Waals surface area (Å²) in [6.45, 7) is 1.99. The molecule has 0 radical (unpaired) electrons. The third-order valence-corrected chi connectivity index (χ3v) is 1.99. The summed E-state index contributed by atoms with van der Waals surface area (Å²) in [5, 5.41) is 4.41. The van der Waals surface area contributed by atoms with Crippen molar-refractivity contribution in [2.24, 2.45) is 0 Å². The minimum absolute atomic E-state index is 0.0626. The van der Waals surface area contributed by atoms with Crippen LogP contribution in [-0.4, -0.2) is 33.3 Å². The molecule has 6 heteroatoms. The molecule has 0 atom stereocenters. The summed E-state index contributed by atoms with van der Waals surface area (Å²) in [7, 11) is 6.39. The normalized spacial score (nSPS) is 11.8. The van der Waals surface area contributed by atoms with E-state index >= 15 is 0 Å². The molecule has 56 valence electrons.